The van der Waals surface area contributed by atoms with Gasteiger partial charge in [-0.1, -0.05) is 97.9 Å². The van der Waals surface area contributed by atoms with Gasteiger partial charge in [-0.25, -0.2) is 0 Å². The summed E-state index contributed by atoms with van der Waals surface area (Å²) >= 11 is 0. The maximum absolute atomic E-state index is 5.30. The first-order valence-corrected chi connectivity index (χ1v) is 12.0. The van der Waals surface area contributed by atoms with E-state index in [0.717, 1.165) is 54.3 Å². The van der Waals surface area contributed by atoms with E-state index in [9.17, 15) is 0 Å². The summed E-state index contributed by atoms with van der Waals surface area (Å²) in [6.07, 6.45) is 0. The molecule has 0 spiro atoms. The number of hydrogen-bond acceptors (Lipinski definition) is 2. The molecule has 0 radical (unpaired) electrons. The lowest BCUT2D eigenvalue weighted by Crippen LogP contribution is -2.62. The number of nitrogens with one attached hydrogen (secondary N) is 1. The second-order valence-corrected chi connectivity index (χ2v) is 9.04. The van der Waals surface area contributed by atoms with E-state index in [1.165, 1.54) is 16.9 Å². The highest BCUT2D eigenvalue weighted by molar-refractivity contribution is 5.86. The SMILES string of the molecule is CCN1CC[N+](c2nc(-c3ccccc3)[nH]c2C)(C(c2ccccc2)c2ccccc2)CC1.Cl.Cl.Cl. The topological polar surface area (TPSA) is 31.9 Å². The van der Waals surface area contributed by atoms with E-state index in [4.69, 9.17) is 4.98 Å². The molecule has 1 saturated heterocycles. The predicted octanol–water partition coefficient (Wildman–Crippen LogP) is 7.08. The average Bonchev–Trinajstić information content (AvgIpc) is 3.28. The number of aryl methyl sites for hydroxylation is 1. The highest BCUT2D eigenvalue weighted by Gasteiger charge is 2.46. The van der Waals surface area contributed by atoms with Crippen LogP contribution in [0.3, 0.4) is 0 Å². The zero-order chi connectivity index (χ0) is 22.7. The third-order valence-electron chi connectivity index (χ3n) is 7.13. The van der Waals surface area contributed by atoms with Crippen LogP contribution in [-0.4, -0.2) is 47.6 Å². The summed E-state index contributed by atoms with van der Waals surface area (Å²) in [5.41, 5.74) is 4.98. The van der Waals surface area contributed by atoms with Gasteiger partial charge >= 0.3 is 0 Å². The van der Waals surface area contributed by atoms with Crippen molar-refractivity contribution in [3.8, 4) is 11.4 Å². The van der Waals surface area contributed by atoms with Crippen LogP contribution in [-0.2, 0) is 0 Å². The van der Waals surface area contributed by atoms with Gasteiger partial charge in [-0.2, -0.15) is 4.98 Å². The molecule has 4 aromatic rings. The molecule has 1 aliphatic heterocycles. The number of aromatic amines is 1. The summed E-state index contributed by atoms with van der Waals surface area (Å²) < 4.78 is 0.833. The van der Waals surface area contributed by atoms with Crippen molar-refractivity contribution in [2.24, 2.45) is 0 Å². The van der Waals surface area contributed by atoms with Gasteiger partial charge in [-0.05, 0) is 13.5 Å². The van der Waals surface area contributed by atoms with Gasteiger partial charge in [-0.3, -0.25) is 9.38 Å². The molecule has 0 saturated carbocycles. The van der Waals surface area contributed by atoms with Crippen molar-refractivity contribution in [1.29, 1.82) is 0 Å². The highest BCUT2D eigenvalue weighted by Crippen LogP contribution is 2.42. The zero-order valence-electron chi connectivity index (χ0n) is 20.8. The number of aromatic nitrogens is 2. The fraction of sp³-hybridized carbons (Fsp3) is 0.276. The van der Waals surface area contributed by atoms with Crippen molar-refractivity contribution in [3.05, 3.63) is 108 Å². The summed E-state index contributed by atoms with van der Waals surface area (Å²) in [5.74, 6) is 2.13. The van der Waals surface area contributed by atoms with Crippen molar-refractivity contribution >= 4 is 43.0 Å². The largest absolute Gasteiger partial charge is 0.337 e. The summed E-state index contributed by atoms with van der Waals surface area (Å²) in [6, 6.07) is 32.7. The Hall–Kier alpha value is -2.34. The Bertz CT molecular complexity index is 1140. The number of piperazine rings is 1. The molecule has 1 aliphatic rings. The van der Waals surface area contributed by atoms with Crippen LogP contribution in [0, 0.1) is 6.92 Å². The third-order valence-corrected chi connectivity index (χ3v) is 7.13. The van der Waals surface area contributed by atoms with Crippen LogP contribution in [0.4, 0.5) is 5.82 Å². The molecule has 5 rings (SSSR count). The van der Waals surface area contributed by atoms with Crippen LogP contribution in [0.2, 0.25) is 0 Å². The Morgan fingerprint density at radius 1 is 0.778 bits per heavy atom. The first-order valence-electron chi connectivity index (χ1n) is 12.0. The van der Waals surface area contributed by atoms with Gasteiger partial charge in [-0.15, -0.1) is 37.2 Å². The number of rotatable bonds is 6. The van der Waals surface area contributed by atoms with Crippen LogP contribution in [0.25, 0.3) is 11.4 Å². The van der Waals surface area contributed by atoms with Gasteiger partial charge < -0.3 is 4.98 Å². The van der Waals surface area contributed by atoms with Crippen LogP contribution in [0.15, 0.2) is 91.0 Å². The Morgan fingerprint density at radius 2 is 1.25 bits per heavy atom. The predicted molar refractivity (Wildman–Crippen MR) is 159 cm³/mol. The summed E-state index contributed by atoms with van der Waals surface area (Å²) in [5, 5.41) is 0. The second kappa shape index (κ2) is 13.3. The van der Waals surface area contributed by atoms with Gasteiger partial charge in [0, 0.05) is 29.8 Å². The molecule has 7 heteroatoms. The van der Waals surface area contributed by atoms with Crippen molar-refractivity contribution in [3.63, 3.8) is 0 Å². The Kier molecular flexibility index (Phi) is 11.0. The van der Waals surface area contributed by atoms with E-state index in [1.807, 2.05) is 0 Å². The number of imidazole rings is 1. The van der Waals surface area contributed by atoms with Crippen LogP contribution in [0.5, 0.6) is 0 Å². The van der Waals surface area contributed by atoms with E-state index in [2.05, 4.69) is 115 Å². The molecule has 0 bridgehead atoms. The number of halogens is 3. The van der Waals surface area contributed by atoms with Crippen LogP contribution >= 0.6 is 37.2 Å². The maximum atomic E-state index is 5.30. The van der Waals surface area contributed by atoms with Crippen LogP contribution < -0.4 is 4.48 Å². The number of benzene rings is 3. The molecule has 1 N–H and O–H groups in total. The van der Waals surface area contributed by atoms with E-state index in [-0.39, 0.29) is 43.3 Å². The monoisotopic (exact) mass is 545 g/mol. The molecule has 3 aromatic carbocycles. The van der Waals surface area contributed by atoms with Gasteiger partial charge in [0.05, 0.1) is 18.8 Å². The molecule has 1 aromatic heterocycles. The maximum Gasteiger partial charge on any atom is 0.249 e. The average molecular weight is 547 g/mol. The molecule has 192 valence electrons. The molecular weight excluding hydrogens is 511 g/mol. The zero-order valence-corrected chi connectivity index (χ0v) is 23.3. The molecular formula is C29H36Cl3N4+. The molecule has 2 heterocycles. The lowest BCUT2D eigenvalue weighted by atomic mass is 9.93. The summed E-state index contributed by atoms with van der Waals surface area (Å²) in [7, 11) is 0. The van der Waals surface area contributed by atoms with Gasteiger partial charge in [0.15, 0.2) is 0 Å². The number of nitrogens with zero attached hydrogens (tertiary/aromatic N) is 3. The van der Waals surface area contributed by atoms with Crippen molar-refractivity contribution in [2.75, 3.05) is 32.7 Å². The van der Waals surface area contributed by atoms with Gasteiger partial charge in [0.1, 0.15) is 11.9 Å². The van der Waals surface area contributed by atoms with Gasteiger partial charge in [0.25, 0.3) is 0 Å². The molecule has 0 aliphatic carbocycles. The van der Waals surface area contributed by atoms with Crippen molar-refractivity contribution in [1.82, 2.24) is 19.4 Å². The smallest absolute Gasteiger partial charge is 0.249 e. The molecule has 0 atom stereocenters. The lowest BCUT2D eigenvalue weighted by Gasteiger charge is -2.48. The number of quaternary nitrogens is 1. The minimum Gasteiger partial charge on any atom is -0.337 e. The van der Waals surface area contributed by atoms with Gasteiger partial charge in [0.2, 0.25) is 5.82 Å². The quantitative estimate of drug-likeness (QED) is 0.262. The van der Waals surface area contributed by atoms with Crippen molar-refractivity contribution < 1.29 is 0 Å². The highest BCUT2D eigenvalue weighted by atomic mass is 35.5. The number of H-pyrrole nitrogens is 1. The normalized spacial score (nSPS) is 14.9. The fourth-order valence-corrected chi connectivity index (χ4v) is 5.42. The Labute approximate surface area is 233 Å². The fourth-order valence-electron chi connectivity index (χ4n) is 5.42. The minimum absolute atomic E-state index is 0. The molecule has 1 fully saturated rings. The summed E-state index contributed by atoms with van der Waals surface area (Å²) in [4.78, 5) is 11.5. The van der Waals surface area contributed by atoms with E-state index in [0.29, 0.717) is 0 Å². The van der Waals surface area contributed by atoms with E-state index in [1.54, 1.807) is 0 Å². The standard InChI is InChI=1S/C29H33N4.3ClH/c1-3-32-19-21-33(22-20-32,29-23(2)30-28(31-29)26-17-11-6-12-18-26)27(24-13-7-4-8-14-24)25-15-9-5-10-16-25;;;/h4-18,27H,3,19-22H2,1-2H3,(H,30,31);3*1H/q+1;;;. The first-order chi connectivity index (χ1) is 16.2. The molecule has 36 heavy (non-hydrogen) atoms. The Balaban J connectivity index is 0.00000152. The first kappa shape index (κ1) is 29.9. The number of hydrogen-bond donors (Lipinski definition) is 1. The number of likely N-dealkylation sites (N-methyl/N-ethyl adjacent to an activating group) is 1. The van der Waals surface area contributed by atoms with E-state index < -0.39 is 0 Å². The molecule has 0 unspecified atom stereocenters. The minimum atomic E-state index is 0. The second-order valence-electron chi connectivity index (χ2n) is 9.04. The summed E-state index contributed by atoms with van der Waals surface area (Å²) in [6.45, 7) is 9.74. The van der Waals surface area contributed by atoms with Crippen LogP contribution in [0.1, 0.15) is 29.8 Å². The van der Waals surface area contributed by atoms with Crippen molar-refractivity contribution in [2.45, 2.75) is 19.9 Å². The molecule has 4 nitrogen and oxygen atoms in total. The van der Waals surface area contributed by atoms with E-state index >= 15 is 0 Å². The molecule has 0 amide bonds. The lowest BCUT2D eigenvalue weighted by molar-refractivity contribution is 0.113. The third kappa shape index (κ3) is 5.80. The Morgan fingerprint density at radius 3 is 1.72 bits per heavy atom.